The molecule has 0 saturated carbocycles. The van der Waals surface area contributed by atoms with Crippen LogP contribution in [0.5, 0.6) is 11.9 Å². The standard InChI is InChI=1S/C18H33BN2O5/c1-15(2,3)24-13-12(11-20-14(21-13)25-16(4,5)6)19(23)26-18(9,10)17(7,8)22/h11,22-23H,1-10H3. The smallest absolute Gasteiger partial charge is 0.472 e. The van der Waals surface area contributed by atoms with E-state index in [1.807, 2.05) is 41.5 Å². The summed E-state index contributed by atoms with van der Waals surface area (Å²) in [6.07, 6.45) is 1.42. The topological polar surface area (TPSA) is 93.9 Å². The molecule has 0 atom stereocenters. The molecule has 0 amide bonds. The first-order valence-electron chi connectivity index (χ1n) is 8.74. The fourth-order valence-corrected chi connectivity index (χ4v) is 1.71. The molecule has 0 bridgehead atoms. The lowest BCUT2D eigenvalue weighted by Crippen LogP contribution is -2.53. The lowest BCUT2D eigenvalue weighted by atomic mass is 9.77. The molecule has 1 aromatic heterocycles. The number of rotatable bonds is 6. The van der Waals surface area contributed by atoms with Crippen molar-refractivity contribution >= 4 is 12.6 Å². The number of hydrogen-bond acceptors (Lipinski definition) is 7. The summed E-state index contributed by atoms with van der Waals surface area (Å²) in [5, 5.41) is 20.8. The summed E-state index contributed by atoms with van der Waals surface area (Å²) in [5.74, 6) is 0.172. The fraction of sp³-hybridized carbons (Fsp3) is 0.778. The second-order valence-corrected chi connectivity index (χ2v) is 9.38. The fourth-order valence-electron chi connectivity index (χ4n) is 1.71. The van der Waals surface area contributed by atoms with Gasteiger partial charge in [0.05, 0.1) is 16.7 Å². The van der Waals surface area contributed by atoms with Gasteiger partial charge in [-0.05, 0) is 69.2 Å². The van der Waals surface area contributed by atoms with Gasteiger partial charge in [-0.3, -0.25) is 0 Å². The zero-order valence-corrected chi connectivity index (χ0v) is 17.7. The van der Waals surface area contributed by atoms with Gasteiger partial charge in [-0.2, -0.15) is 4.98 Å². The van der Waals surface area contributed by atoms with Crippen molar-refractivity contribution in [3.63, 3.8) is 0 Å². The van der Waals surface area contributed by atoms with E-state index in [1.54, 1.807) is 27.7 Å². The van der Waals surface area contributed by atoms with Gasteiger partial charge in [0.2, 0.25) is 5.88 Å². The van der Waals surface area contributed by atoms with Crippen LogP contribution >= 0.6 is 0 Å². The van der Waals surface area contributed by atoms with E-state index < -0.39 is 29.5 Å². The molecule has 8 heteroatoms. The van der Waals surface area contributed by atoms with Crippen molar-refractivity contribution in [1.82, 2.24) is 9.97 Å². The van der Waals surface area contributed by atoms with Crippen LogP contribution in [0.3, 0.4) is 0 Å². The first kappa shape index (κ1) is 22.7. The van der Waals surface area contributed by atoms with Crippen molar-refractivity contribution in [3.05, 3.63) is 6.20 Å². The first-order valence-corrected chi connectivity index (χ1v) is 8.74. The molecule has 0 saturated heterocycles. The van der Waals surface area contributed by atoms with Crippen molar-refractivity contribution in [1.29, 1.82) is 0 Å². The minimum absolute atomic E-state index is 0.148. The van der Waals surface area contributed by atoms with Gasteiger partial charge in [0.15, 0.2) is 0 Å². The number of nitrogens with zero attached hydrogens (tertiary/aromatic N) is 2. The third kappa shape index (κ3) is 6.74. The Balaban J connectivity index is 3.23. The van der Waals surface area contributed by atoms with Crippen LogP contribution < -0.4 is 14.9 Å². The largest absolute Gasteiger partial charge is 0.498 e. The zero-order valence-electron chi connectivity index (χ0n) is 17.7. The van der Waals surface area contributed by atoms with Crippen molar-refractivity contribution in [2.45, 2.75) is 91.6 Å². The Bertz CT molecular complexity index is 615. The second kappa shape index (κ2) is 7.33. The lowest BCUT2D eigenvalue weighted by Gasteiger charge is -2.38. The summed E-state index contributed by atoms with van der Waals surface area (Å²) in [4.78, 5) is 8.45. The minimum Gasteiger partial charge on any atom is -0.472 e. The Kier molecular flexibility index (Phi) is 6.39. The van der Waals surface area contributed by atoms with Crippen LogP contribution in [0, 0.1) is 0 Å². The maximum absolute atomic E-state index is 10.6. The van der Waals surface area contributed by atoms with Crippen LogP contribution in [0.1, 0.15) is 69.2 Å². The molecule has 0 aliphatic carbocycles. The maximum atomic E-state index is 10.6. The van der Waals surface area contributed by atoms with E-state index >= 15 is 0 Å². The third-order valence-corrected chi connectivity index (χ3v) is 3.70. The summed E-state index contributed by atoms with van der Waals surface area (Å²) in [6, 6.07) is 0.148. The summed E-state index contributed by atoms with van der Waals surface area (Å²) in [7, 11) is -1.38. The zero-order chi connectivity index (χ0) is 20.6. The molecule has 148 valence electrons. The van der Waals surface area contributed by atoms with Crippen molar-refractivity contribution in [3.8, 4) is 11.9 Å². The van der Waals surface area contributed by atoms with Gasteiger partial charge in [0.25, 0.3) is 0 Å². The highest BCUT2D eigenvalue weighted by atomic mass is 16.6. The molecule has 2 N–H and O–H groups in total. The highest BCUT2D eigenvalue weighted by Gasteiger charge is 2.41. The van der Waals surface area contributed by atoms with Crippen LogP contribution in [0.25, 0.3) is 0 Å². The van der Waals surface area contributed by atoms with E-state index in [1.165, 1.54) is 6.20 Å². The molecule has 0 fully saturated rings. The average Bonchev–Trinajstić information content (AvgIpc) is 2.32. The van der Waals surface area contributed by atoms with Crippen LogP contribution in [-0.4, -0.2) is 49.6 Å². The Morgan fingerprint density at radius 1 is 0.885 bits per heavy atom. The summed E-state index contributed by atoms with van der Waals surface area (Å²) in [6.45, 7) is 17.9. The Morgan fingerprint density at radius 2 is 1.38 bits per heavy atom. The van der Waals surface area contributed by atoms with E-state index in [0.717, 1.165) is 0 Å². The van der Waals surface area contributed by atoms with Crippen molar-refractivity contribution in [2.24, 2.45) is 0 Å². The van der Waals surface area contributed by atoms with Crippen LogP contribution in [0.2, 0.25) is 0 Å². The molecule has 1 rings (SSSR count). The normalized spacial score (nSPS) is 13.5. The number of aromatic nitrogens is 2. The van der Waals surface area contributed by atoms with Gasteiger partial charge in [0, 0.05) is 6.20 Å². The molecule has 1 aromatic rings. The second-order valence-electron chi connectivity index (χ2n) is 9.38. The molecular weight excluding hydrogens is 335 g/mol. The third-order valence-electron chi connectivity index (χ3n) is 3.70. The van der Waals surface area contributed by atoms with E-state index in [2.05, 4.69) is 9.97 Å². The summed E-state index contributed by atoms with van der Waals surface area (Å²) >= 11 is 0. The first-order chi connectivity index (χ1) is 11.4. The highest BCUT2D eigenvalue weighted by Crippen LogP contribution is 2.26. The van der Waals surface area contributed by atoms with Crippen LogP contribution in [-0.2, 0) is 4.65 Å². The molecule has 26 heavy (non-hydrogen) atoms. The van der Waals surface area contributed by atoms with Gasteiger partial charge in [-0.25, -0.2) is 4.98 Å². The van der Waals surface area contributed by atoms with Gasteiger partial charge in [-0.1, -0.05) is 0 Å². The quantitative estimate of drug-likeness (QED) is 0.743. The molecule has 0 radical (unpaired) electrons. The minimum atomic E-state index is -1.38. The molecule has 0 unspecified atom stereocenters. The maximum Gasteiger partial charge on any atom is 0.498 e. The molecule has 0 spiro atoms. The molecule has 0 aromatic carbocycles. The number of ether oxygens (including phenoxy) is 2. The van der Waals surface area contributed by atoms with E-state index in [4.69, 9.17) is 14.1 Å². The summed E-state index contributed by atoms with van der Waals surface area (Å²) < 4.78 is 17.2. The Morgan fingerprint density at radius 3 is 1.81 bits per heavy atom. The Labute approximate surface area is 157 Å². The van der Waals surface area contributed by atoms with E-state index in [9.17, 15) is 10.1 Å². The van der Waals surface area contributed by atoms with Gasteiger partial charge >= 0.3 is 13.1 Å². The predicted octanol–water partition coefficient (Wildman–Crippen LogP) is 2.08. The molecule has 0 aliphatic heterocycles. The Hall–Kier alpha value is -1.38. The SMILES string of the molecule is CC(C)(C)Oc1ncc(B(O)OC(C)(C)C(C)(C)O)c(OC(C)(C)C)n1. The molecule has 0 aliphatic rings. The predicted molar refractivity (Wildman–Crippen MR) is 102 cm³/mol. The molecular formula is C18H33BN2O5. The van der Waals surface area contributed by atoms with Gasteiger partial charge < -0.3 is 24.3 Å². The van der Waals surface area contributed by atoms with Crippen LogP contribution in [0.15, 0.2) is 6.20 Å². The van der Waals surface area contributed by atoms with E-state index in [0.29, 0.717) is 0 Å². The average molecular weight is 368 g/mol. The van der Waals surface area contributed by atoms with E-state index in [-0.39, 0.29) is 17.4 Å². The van der Waals surface area contributed by atoms with Crippen LogP contribution in [0.4, 0.5) is 0 Å². The number of hydrogen-bond donors (Lipinski definition) is 2. The number of aliphatic hydroxyl groups is 1. The van der Waals surface area contributed by atoms with Crippen molar-refractivity contribution in [2.75, 3.05) is 0 Å². The van der Waals surface area contributed by atoms with Gasteiger partial charge in [0.1, 0.15) is 11.2 Å². The van der Waals surface area contributed by atoms with Crippen molar-refractivity contribution < 1.29 is 24.3 Å². The monoisotopic (exact) mass is 368 g/mol. The summed E-state index contributed by atoms with van der Waals surface area (Å²) in [5.41, 5.74) is -2.95. The lowest BCUT2D eigenvalue weighted by molar-refractivity contribution is -0.0983. The highest BCUT2D eigenvalue weighted by molar-refractivity contribution is 6.61. The molecule has 1 heterocycles. The molecule has 7 nitrogen and oxygen atoms in total. The van der Waals surface area contributed by atoms with Gasteiger partial charge in [-0.15, -0.1) is 0 Å².